The quantitative estimate of drug-likeness (QED) is 0.889. The summed E-state index contributed by atoms with van der Waals surface area (Å²) >= 11 is 0. The second-order valence-electron chi connectivity index (χ2n) is 5.88. The van der Waals surface area contributed by atoms with Crippen LogP contribution in [0.5, 0.6) is 0 Å². The Morgan fingerprint density at radius 3 is 3.00 bits per heavy atom. The van der Waals surface area contributed by atoms with Gasteiger partial charge < -0.3 is 10.6 Å². The SMILES string of the molecule is Cc1ccc2cccc(C(=O)NC3CNCCC3C)c2n1. The molecule has 2 heterocycles. The zero-order valence-electron chi connectivity index (χ0n) is 12.5. The van der Waals surface area contributed by atoms with Gasteiger partial charge in [0.15, 0.2) is 0 Å². The van der Waals surface area contributed by atoms with Crippen molar-refractivity contribution in [1.29, 1.82) is 0 Å². The van der Waals surface area contributed by atoms with E-state index in [1.54, 1.807) is 0 Å². The van der Waals surface area contributed by atoms with Crippen LogP contribution in [0, 0.1) is 12.8 Å². The van der Waals surface area contributed by atoms with Crippen molar-refractivity contribution in [2.24, 2.45) is 5.92 Å². The monoisotopic (exact) mass is 283 g/mol. The van der Waals surface area contributed by atoms with Crippen molar-refractivity contribution < 1.29 is 4.79 Å². The molecule has 1 aromatic carbocycles. The Labute approximate surface area is 125 Å². The summed E-state index contributed by atoms with van der Waals surface area (Å²) in [6, 6.07) is 9.92. The molecule has 4 heteroatoms. The lowest BCUT2D eigenvalue weighted by molar-refractivity contribution is 0.0917. The zero-order valence-corrected chi connectivity index (χ0v) is 12.5. The summed E-state index contributed by atoms with van der Waals surface area (Å²) < 4.78 is 0. The summed E-state index contributed by atoms with van der Waals surface area (Å²) in [4.78, 5) is 17.1. The van der Waals surface area contributed by atoms with Crippen LogP contribution in [-0.2, 0) is 0 Å². The van der Waals surface area contributed by atoms with E-state index < -0.39 is 0 Å². The number of nitrogens with one attached hydrogen (secondary N) is 2. The Kier molecular flexibility index (Phi) is 3.88. The van der Waals surface area contributed by atoms with Gasteiger partial charge in [-0.1, -0.05) is 25.1 Å². The molecule has 2 unspecified atom stereocenters. The number of aromatic nitrogens is 1. The van der Waals surface area contributed by atoms with Crippen LogP contribution in [0.15, 0.2) is 30.3 Å². The Hall–Kier alpha value is -1.94. The Bertz CT molecular complexity index is 668. The van der Waals surface area contributed by atoms with Crippen molar-refractivity contribution >= 4 is 16.8 Å². The minimum Gasteiger partial charge on any atom is -0.348 e. The van der Waals surface area contributed by atoms with E-state index in [0.29, 0.717) is 11.5 Å². The van der Waals surface area contributed by atoms with E-state index in [9.17, 15) is 4.79 Å². The molecule has 0 aliphatic carbocycles. The largest absolute Gasteiger partial charge is 0.348 e. The molecule has 1 aliphatic heterocycles. The van der Waals surface area contributed by atoms with Crippen LogP contribution in [0.3, 0.4) is 0 Å². The summed E-state index contributed by atoms with van der Waals surface area (Å²) in [7, 11) is 0. The van der Waals surface area contributed by atoms with Gasteiger partial charge in [0.05, 0.1) is 11.1 Å². The second kappa shape index (κ2) is 5.82. The van der Waals surface area contributed by atoms with E-state index in [1.807, 2.05) is 37.3 Å². The molecular weight excluding hydrogens is 262 g/mol. The van der Waals surface area contributed by atoms with Gasteiger partial charge in [-0.05, 0) is 37.9 Å². The highest BCUT2D eigenvalue weighted by molar-refractivity contribution is 6.05. The van der Waals surface area contributed by atoms with Gasteiger partial charge in [0.2, 0.25) is 0 Å². The first-order valence-corrected chi connectivity index (χ1v) is 7.53. The molecule has 21 heavy (non-hydrogen) atoms. The summed E-state index contributed by atoms with van der Waals surface area (Å²) in [5, 5.41) is 7.50. The molecule has 1 fully saturated rings. The van der Waals surface area contributed by atoms with Gasteiger partial charge >= 0.3 is 0 Å². The van der Waals surface area contributed by atoms with Crippen molar-refractivity contribution in [1.82, 2.24) is 15.6 Å². The molecule has 1 saturated heterocycles. The lowest BCUT2D eigenvalue weighted by Gasteiger charge is -2.30. The summed E-state index contributed by atoms with van der Waals surface area (Å²) in [5.74, 6) is 0.471. The number of para-hydroxylation sites is 1. The highest BCUT2D eigenvalue weighted by atomic mass is 16.1. The highest BCUT2D eigenvalue weighted by Gasteiger charge is 2.23. The molecule has 3 rings (SSSR count). The maximum atomic E-state index is 12.6. The molecule has 4 nitrogen and oxygen atoms in total. The third-order valence-corrected chi connectivity index (χ3v) is 4.25. The van der Waals surface area contributed by atoms with E-state index in [1.165, 1.54) is 0 Å². The van der Waals surface area contributed by atoms with Gasteiger partial charge in [0, 0.05) is 23.7 Å². The highest BCUT2D eigenvalue weighted by Crippen LogP contribution is 2.18. The zero-order chi connectivity index (χ0) is 14.8. The van der Waals surface area contributed by atoms with Crippen LogP contribution in [0.2, 0.25) is 0 Å². The van der Waals surface area contributed by atoms with E-state index in [0.717, 1.165) is 36.1 Å². The molecular formula is C17H21N3O. The average molecular weight is 283 g/mol. The number of aryl methyl sites for hydroxylation is 1. The van der Waals surface area contributed by atoms with Crippen LogP contribution < -0.4 is 10.6 Å². The first-order chi connectivity index (χ1) is 10.1. The summed E-state index contributed by atoms with van der Waals surface area (Å²) in [6.45, 7) is 6.01. The van der Waals surface area contributed by atoms with Gasteiger partial charge in [-0.15, -0.1) is 0 Å². The maximum Gasteiger partial charge on any atom is 0.253 e. The standard InChI is InChI=1S/C17H21N3O/c1-11-8-9-18-10-15(11)20-17(21)14-5-3-4-13-7-6-12(2)19-16(13)14/h3-7,11,15,18H,8-10H2,1-2H3,(H,20,21). The van der Waals surface area contributed by atoms with Crippen LogP contribution in [0.25, 0.3) is 10.9 Å². The molecule has 0 spiro atoms. The van der Waals surface area contributed by atoms with E-state index in [4.69, 9.17) is 0 Å². The van der Waals surface area contributed by atoms with Crippen molar-refractivity contribution in [3.8, 4) is 0 Å². The third-order valence-electron chi connectivity index (χ3n) is 4.25. The first kappa shape index (κ1) is 14.0. The second-order valence-corrected chi connectivity index (χ2v) is 5.88. The summed E-state index contributed by atoms with van der Waals surface area (Å²) in [5.41, 5.74) is 2.37. The summed E-state index contributed by atoms with van der Waals surface area (Å²) in [6.07, 6.45) is 1.10. The predicted octanol–water partition coefficient (Wildman–Crippen LogP) is 2.27. The minimum atomic E-state index is -0.0285. The number of carbonyl (C=O) groups is 1. The fourth-order valence-corrected chi connectivity index (χ4v) is 2.86. The van der Waals surface area contributed by atoms with E-state index >= 15 is 0 Å². The smallest absolute Gasteiger partial charge is 0.253 e. The van der Waals surface area contributed by atoms with Gasteiger partial charge in [-0.3, -0.25) is 9.78 Å². The van der Waals surface area contributed by atoms with Crippen LogP contribution in [0.1, 0.15) is 29.4 Å². The number of carbonyl (C=O) groups excluding carboxylic acids is 1. The number of pyridine rings is 1. The number of nitrogens with zero attached hydrogens (tertiary/aromatic N) is 1. The molecule has 0 radical (unpaired) electrons. The lowest BCUT2D eigenvalue weighted by atomic mass is 9.94. The van der Waals surface area contributed by atoms with Crippen LogP contribution >= 0.6 is 0 Å². The van der Waals surface area contributed by atoms with Gasteiger partial charge in [-0.2, -0.15) is 0 Å². The maximum absolute atomic E-state index is 12.6. The number of piperidine rings is 1. The van der Waals surface area contributed by atoms with Crippen molar-refractivity contribution in [2.45, 2.75) is 26.3 Å². The number of fused-ring (bicyclic) bond motifs is 1. The van der Waals surface area contributed by atoms with Crippen molar-refractivity contribution in [2.75, 3.05) is 13.1 Å². The lowest BCUT2D eigenvalue weighted by Crippen LogP contribution is -2.50. The minimum absolute atomic E-state index is 0.0285. The topological polar surface area (TPSA) is 54.0 Å². The fraction of sp³-hybridized carbons (Fsp3) is 0.412. The van der Waals surface area contributed by atoms with Crippen LogP contribution in [0.4, 0.5) is 0 Å². The van der Waals surface area contributed by atoms with E-state index in [2.05, 4.69) is 22.5 Å². The molecule has 2 atom stereocenters. The molecule has 1 aliphatic rings. The van der Waals surface area contributed by atoms with Crippen molar-refractivity contribution in [3.63, 3.8) is 0 Å². The Morgan fingerprint density at radius 1 is 1.33 bits per heavy atom. The van der Waals surface area contributed by atoms with Crippen LogP contribution in [-0.4, -0.2) is 30.0 Å². The predicted molar refractivity (Wildman–Crippen MR) is 84.4 cm³/mol. The number of hydrogen-bond acceptors (Lipinski definition) is 3. The number of amides is 1. The molecule has 0 saturated carbocycles. The fourth-order valence-electron chi connectivity index (χ4n) is 2.86. The third kappa shape index (κ3) is 2.90. The number of hydrogen-bond donors (Lipinski definition) is 2. The Morgan fingerprint density at radius 2 is 2.19 bits per heavy atom. The Balaban J connectivity index is 1.89. The average Bonchev–Trinajstić information content (AvgIpc) is 2.49. The van der Waals surface area contributed by atoms with Gasteiger partial charge in [0.1, 0.15) is 0 Å². The molecule has 1 amide bonds. The molecule has 110 valence electrons. The van der Waals surface area contributed by atoms with E-state index in [-0.39, 0.29) is 11.9 Å². The molecule has 0 bridgehead atoms. The van der Waals surface area contributed by atoms with Gasteiger partial charge in [-0.25, -0.2) is 0 Å². The normalized spacial score (nSPS) is 22.2. The first-order valence-electron chi connectivity index (χ1n) is 7.53. The molecule has 2 N–H and O–H groups in total. The van der Waals surface area contributed by atoms with Gasteiger partial charge in [0.25, 0.3) is 5.91 Å². The van der Waals surface area contributed by atoms with Crippen molar-refractivity contribution in [3.05, 3.63) is 41.6 Å². The molecule has 1 aromatic heterocycles. The number of rotatable bonds is 2. The number of benzene rings is 1. The molecule has 2 aromatic rings.